The number of nitriles is 1. The summed E-state index contributed by atoms with van der Waals surface area (Å²) in [5.41, 5.74) is -0.184. The lowest BCUT2D eigenvalue weighted by molar-refractivity contribution is -0.143. The van der Waals surface area contributed by atoms with Crippen molar-refractivity contribution in [3.8, 4) is 11.8 Å². The van der Waals surface area contributed by atoms with E-state index in [1.54, 1.807) is 0 Å². The molecule has 23 heavy (non-hydrogen) atoms. The first-order valence-electron chi connectivity index (χ1n) is 7.31. The van der Waals surface area contributed by atoms with Crippen molar-refractivity contribution in [2.75, 3.05) is 7.05 Å². The minimum atomic E-state index is -0.815. The number of halogens is 1. The number of carboxylic acid groups (broad SMARTS) is 1. The van der Waals surface area contributed by atoms with E-state index in [4.69, 9.17) is 15.1 Å². The average molecular weight is 320 g/mol. The Labute approximate surface area is 132 Å². The number of hydrogen-bond donors (Lipinski definition) is 2. The smallest absolute Gasteiger partial charge is 0.306 e. The van der Waals surface area contributed by atoms with Gasteiger partial charge in [-0.15, -0.1) is 0 Å². The lowest BCUT2D eigenvalue weighted by Crippen LogP contribution is -2.28. The van der Waals surface area contributed by atoms with Gasteiger partial charge in [0.15, 0.2) is 0 Å². The number of hydrogen-bond acceptors (Lipinski definition) is 4. The van der Waals surface area contributed by atoms with Crippen molar-refractivity contribution in [3.05, 3.63) is 29.1 Å². The second kappa shape index (κ2) is 7.09. The quantitative estimate of drug-likeness (QED) is 0.885. The monoisotopic (exact) mass is 320 g/mol. The fourth-order valence-electron chi connectivity index (χ4n) is 2.65. The minimum absolute atomic E-state index is 0.00973. The molecule has 0 unspecified atom stereocenters. The van der Waals surface area contributed by atoms with Gasteiger partial charge in [0.1, 0.15) is 17.6 Å². The molecule has 0 aliphatic heterocycles. The van der Waals surface area contributed by atoms with Gasteiger partial charge in [-0.3, -0.25) is 9.59 Å². The highest BCUT2D eigenvalue weighted by molar-refractivity contribution is 5.94. The molecule has 1 saturated carbocycles. The summed E-state index contributed by atoms with van der Waals surface area (Å²) in [5, 5.41) is 20.4. The molecule has 2 N–H and O–H groups in total. The van der Waals surface area contributed by atoms with Crippen LogP contribution in [0.4, 0.5) is 4.39 Å². The SMILES string of the molecule is CNC(=O)c1cc(OC2CCC(C(=O)O)CC2)c(C#N)cc1F. The standard InChI is InChI=1S/C16H17FN2O4/c1-19-15(20)12-7-14(10(8-18)6-13(12)17)23-11-4-2-9(3-5-11)16(21)22/h6-7,9,11H,2-5H2,1H3,(H,19,20)(H,21,22). The van der Waals surface area contributed by atoms with E-state index in [1.165, 1.54) is 13.1 Å². The van der Waals surface area contributed by atoms with Crippen molar-refractivity contribution < 1.29 is 23.8 Å². The van der Waals surface area contributed by atoms with Crippen molar-refractivity contribution in [3.63, 3.8) is 0 Å². The molecular formula is C16H17FN2O4. The van der Waals surface area contributed by atoms with Crippen LogP contribution in [0.1, 0.15) is 41.6 Å². The summed E-state index contributed by atoms with van der Waals surface area (Å²) in [6.07, 6.45) is 1.81. The fraction of sp³-hybridized carbons (Fsp3) is 0.438. The second-order valence-corrected chi connectivity index (χ2v) is 5.45. The number of carbonyl (C=O) groups is 2. The van der Waals surface area contributed by atoms with Gasteiger partial charge in [0.25, 0.3) is 5.91 Å². The predicted molar refractivity (Wildman–Crippen MR) is 78.5 cm³/mol. The van der Waals surface area contributed by atoms with Crippen LogP contribution >= 0.6 is 0 Å². The molecule has 0 spiro atoms. The molecule has 1 aliphatic rings. The maximum Gasteiger partial charge on any atom is 0.306 e. The van der Waals surface area contributed by atoms with Crippen LogP contribution in [0, 0.1) is 23.1 Å². The van der Waals surface area contributed by atoms with E-state index in [0.29, 0.717) is 25.7 Å². The Hall–Kier alpha value is -2.62. The molecule has 2 rings (SSSR count). The van der Waals surface area contributed by atoms with Crippen molar-refractivity contribution in [1.29, 1.82) is 5.26 Å². The first-order chi connectivity index (χ1) is 11.0. The molecule has 0 saturated heterocycles. The van der Waals surface area contributed by atoms with Crippen LogP contribution < -0.4 is 10.1 Å². The normalized spacial score (nSPS) is 20.4. The molecule has 1 fully saturated rings. The van der Waals surface area contributed by atoms with Gasteiger partial charge >= 0.3 is 5.97 Å². The van der Waals surface area contributed by atoms with E-state index in [0.717, 1.165) is 6.07 Å². The van der Waals surface area contributed by atoms with Gasteiger partial charge in [0.2, 0.25) is 0 Å². The minimum Gasteiger partial charge on any atom is -0.489 e. The van der Waals surface area contributed by atoms with Gasteiger partial charge in [-0.2, -0.15) is 5.26 Å². The van der Waals surface area contributed by atoms with Gasteiger partial charge in [-0.05, 0) is 37.8 Å². The number of carboxylic acids is 1. The van der Waals surface area contributed by atoms with E-state index >= 15 is 0 Å². The zero-order valence-electron chi connectivity index (χ0n) is 12.6. The summed E-state index contributed by atoms with van der Waals surface area (Å²) in [7, 11) is 1.38. The van der Waals surface area contributed by atoms with Gasteiger partial charge < -0.3 is 15.2 Å². The molecular weight excluding hydrogens is 303 g/mol. The second-order valence-electron chi connectivity index (χ2n) is 5.45. The van der Waals surface area contributed by atoms with Crippen LogP contribution in [0.2, 0.25) is 0 Å². The number of benzene rings is 1. The molecule has 122 valence electrons. The van der Waals surface area contributed by atoms with E-state index in [9.17, 15) is 14.0 Å². The topological polar surface area (TPSA) is 99.4 Å². The summed E-state index contributed by atoms with van der Waals surface area (Å²) in [4.78, 5) is 22.6. The van der Waals surface area contributed by atoms with Crippen LogP contribution in [0.15, 0.2) is 12.1 Å². The number of ether oxygens (including phenoxy) is 1. The van der Waals surface area contributed by atoms with Crippen LogP contribution in [-0.4, -0.2) is 30.1 Å². The third-order valence-electron chi connectivity index (χ3n) is 3.98. The Kier molecular flexibility index (Phi) is 5.16. The number of amides is 1. The number of aliphatic carboxylic acids is 1. The Morgan fingerprint density at radius 1 is 1.35 bits per heavy atom. The third kappa shape index (κ3) is 3.77. The molecule has 7 heteroatoms. The summed E-state index contributed by atoms with van der Waals surface area (Å²) in [5.74, 6) is -2.44. The first-order valence-corrected chi connectivity index (χ1v) is 7.31. The summed E-state index contributed by atoms with van der Waals surface area (Å²) in [6.45, 7) is 0. The number of nitrogens with zero attached hydrogens (tertiary/aromatic N) is 1. The lowest BCUT2D eigenvalue weighted by atomic mass is 9.87. The highest BCUT2D eigenvalue weighted by atomic mass is 19.1. The van der Waals surface area contributed by atoms with Gasteiger partial charge in [0.05, 0.1) is 23.1 Å². The van der Waals surface area contributed by atoms with Crippen molar-refractivity contribution in [1.82, 2.24) is 5.32 Å². The van der Waals surface area contributed by atoms with E-state index in [-0.39, 0.29) is 28.9 Å². The molecule has 0 aromatic heterocycles. The maximum atomic E-state index is 13.8. The molecule has 1 aromatic rings. The number of rotatable bonds is 4. The van der Waals surface area contributed by atoms with Gasteiger partial charge in [-0.25, -0.2) is 4.39 Å². The molecule has 1 aromatic carbocycles. The molecule has 1 amide bonds. The lowest BCUT2D eigenvalue weighted by Gasteiger charge is -2.27. The van der Waals surface area contributed by atoms with Crippen molar-refractivity contribution >= 4 is 11.9 Å². The van der Waals surface area contributed by atoms with Crippen LogP contribution in [-0.2, 0) is 4.79 Å². The van der Waals surface area contributed by atoms with Crippen LogP contribution in [0.3, 0.4) is 0 Å². The maximum absolute atomic E-state index is 13.8. The van der Waals surface area contributed by atoms with Crippen molar-refractivity contribution in [2.45, 2.75) is 31.8 Å². The number of carbonyl (C=O) groups excluding carboxylic acids is 1. The zero-order valence-corrected chi connectivity index (χ0v) is 12.6. The molecule has 1 aliphatic carbocycles. The van der Waals surface area contributed by atoms with Crippen LogP contribution in [0.25, 0.3) is 0 Å². The molecule has 0 bridgehead atoms. The van der Waals surface area contributed by atoms with E-state index in [1.807, 2.05) is 6.07 Å². The van der Waals surface area contributed by atoms with Gasteiger partial charge in [-0.1, -0.05) is 0 Å². The largest absolute Gasteiger partial charge is 0.489 e. The Balaban J connectivity index is 2.18. The third-order valence-corrected chi connectivity index (χ3v) is 3.98. The Morgan fingerprint density at radius 2 is 2.00 bits per heavy atom. The Morgan fingerprint density at radius 3 is 2.52 bits per heavy atom. The fourth-order valence-corrected chi connectivity index (χ4v) is 2.65. The molecule has 0 radical (unpaired) electrons. The van der Waals surface area contributed by atoms with Crippen molar-refractivity contribution in [2.24, 2.45) is 5.92 Å². The van der Waals surface area contributed by atoms with E-state index in [2.05, 4.69) is 5.32 Å². The average Bonchev–Trinajstić information content (AvgIpc) is 2.55. The highest BCUT2D eigenvalue weighted by Crippen LogP contribution is 2.30. The highest BCUT2D eigenvalue weighted by Gasteiger charge is 2.28. The summed E-state index contributed by atoms with van der Waals surface area (Å²) >= 11 is 0. The van der Waals surface area contributed by atoms with E-state index < -0.39 is 17.7 Å². The first kappa shape index (κ1) is 16.7. The molecule has 6 nitrogen and oxygen atoms in total. The Bertz CT molecular complexity index is 661. The summed E-state index contributed by atoms with van der Waals surface area (Å²) < 4.78 is 19.6. The number of nitrogens with one attached hydrogen (secondary N) is 1. The van der Waals surface area contributed by atoms with Crippen LogP contribution in [0.5, 0.6) is 5.75 Å². The molecule has 0 atom stereocenters. The zero-order chi connectivity index (χ0) is 17.0. The predicted octanol–water partition coefficient (Wildman–Crippen LogP) is 2.08. The van der Waals surface area contributed by atoms with Gasteiger partial charge in [0, 0.05) is 7.05 Å². The molecule has 0 heterocycles. The summed E-state index contributed by atoms with van der Waals surface area (Å²) in [6, 6.07) is 4.04.